The summed E-state index contributed by atoms with van der Waals surface area (Å²) in [6.07, 6.45) is 2.96. The number of carbonyl (C=O) groups excluding carboxylic acids is 1. The Hall–Kier alpha value is -1.97. The SMILES string of the molecule is Cc1cccc(C(=O)Cn2cncn2)c1. The van der Waals surface area contributed by atoms with Gasteiger partial charge >= 0.3 is 0 Å². The Morgan fingerprint density at radius 2 is 2.33 bits per heavy atom. The maximum absolute atomic E-state index is 11.8. The summed E-state index contributed by atoms with van der Waals surface area (Å²) >= 11 is 0. The van der Waals surface area contributed by atoms with Crippen molar-refractivity contribution in [2.75, 3.05) is 0 Å². The lowest BCUT2D eigenvalue weighted by atomic mass is 10.1. The van der Waals surface area contributed by atoms with Crippen molar-refractivity contribution >= 4 is 5.78 Å². The maximum atomic E-state index is 11.8. The molecule has 0 N–H and O–H groups in total. The summed E-state index contributed by atoms with van der Waals surface area (Å²) in [5.41, 5.74) is 1.80. The molecule has 1 aromatic carbocycles. The Kier molecular flexibility index (Phi) is 2.58. The van der Waals surface area contributed by atoms with Gasteiger partial charge in [-0.3, -0.25) is 4.79 Å². The number of Topliss-reactive ketones (excluding diaryl/α,β-unsaturated/α-hetero) is 1. The van der Waals surface area contributed by atoms with Gasteiger partial charge in [-0.1, -0.05) is 23.8 Å². The number of aryl methyl sites for hydroxylation is 1. The number of ketones is 1. The van der Waals surface area contributed by atoms with Gasteiger partial charge < -0.3 is 0 Å². The Bertz CT molecular complexity index is 462. The second-order valence-corrected chi connectivity index (χ2v) is 3.39. The third-order valence-electron chi connectivity index (χ3n) is 2.11. The van der Waals surface area contributed by atoms with Gasteiger partial charge in [0, 0.05) is 5.56 Å². The van der Waals surface area contributed by atoms with E-state index in [0.29, 0.717) is 5.56 Å². The molecule has 0 amide bonds. The molecule has 76 valence electrons. The van der Waals surface area contributed by atoms with Crippen LogP contribution in [0.15, 0.2) is 36.9 Å². The fourth-order valence-corrected chi connectivity index (χ4v) is 1.37. The Morgan fingerprint density at radius 1 is 1.47 bits per heavy atom. The summed E-state index contributed by atoms with van der Waals surface area (Å²) in [6.45, 7) is 2.20. The topological polar surface area (TPSA) is 47.8 Å². The van der Waals surface area contributed by atoms with Crippen molar-refractivity contribution in [3.8, 4) is 0 Å². The van der Waals surface area contributed by atoms with Gasteiger partial charge in [0.2, 0.25) is 0 Å². The summed E-state index contributed by atoms with van der Waals surface area (Å²) in [5, 5.41) is 3.89. The normalized spacial score (nSPS) is 10.2. The fourth-order valence-electron chi connectivity index (χ4n) is 1.37. The average Bonchev–Trinajstić information content (AvgIpc) is 2.70. The number of carbonyl (C=O) groups is 1. The van der Waals surface area contributed by atoms with Crippen molar-refractivity contribution in [1.29, 1.82) is 0 Å². The van der Waals surface area contributed by atoms with Gasteiger partial charge in [-0.25, -0.2) is 9.67 Å². The molecular weight excluding hydrogens is 190 g/mol. The van der Waals surface area contributed by atoms with Crippen molar-refractivity contribution in [3.63, 3.8) is 0 Å². The first-order chi connectivity index (χ1) is 7.25. The van der Waals surface area contributed by atoms with Gasteiger partial charge in [0.25, 0.3) is 0 Å². The standard InChI is InChI=1S/C11H11N3O/c1-9-3-2-4-10(5-9)11(15)6-14-8-12-7-13-14/h2-5,7-8H,6H2,1H3. The summed E-state index contributed by atoms with van der Waals surface area (Å²) in [6, 6.07) is 7.53. The third kappa shape index (κ3) is 2.28. The number of aromatic nitrogens is 3. The molecule has 0 bridgehead atoms. The molecule has 0 saturated heterocycles. The lowest BCUT2D eigenvalue weighted by Crippen LogP contribution is -2.10. The Morgan fingerprint density at radius 3 is 3.00 bits per heavy atom. The first-order valence-electron chi connectivity index (χ1n) is 4.68. The quantitative estimate of drug-likeness (QED) is 0.706. The van der Waals surface area contributed by atoms with Crippen LogP contribution < -0.4 is 0 Å². The minimum Gasteiger partial charge on any atom is -0.292 e. The van der Waals surface area contributed by atoms with Crippen LogP contribution in [0, 0.1) is 6.92 Å². The molecule has 0 spiro atoms. The summed E-state index contributed by atoms with van der Waals surface area (Å²) in [7, 11) is 0. The molecule has 0 atom stereocenters. The maximum Gasteiger partial charge on any atom is 0.184 e. The van der Waals surface area contributed by atoms with Crippen LogP contribution in [0.25, 0.3) is 0 Å². The van der Waals surface area contributed by atoms with E-state index in [9.17, 15) is 4.79 Å². The van der Waals surface area contributed by atoms with Gasteiger partial charge in [0.05, 0.1) is 0 Å². The van der Waals surface area contributed by atoms with E-state index in [-0.39, 0.29) is 12.3 Å². The third-order valence-corrected chi connectivity index (χ3v) is 2.11. The van der Waals surface area contributed by atoms with E-state index in [4.69, 9.17) is 0 Å². The summed E-state index contributed by atoms with van der Waals surface area (Å²) in [5.74, 6) is 0.0456. The molecule has 0 saturated carbocycles. The molecule has 0 unspecified atom stereocenters. The Balaban J connectivity index is 2.15. The monoisotopic (exact) mass is 201 g/mol. The highest BCUT2D eigenvalue weighted by molar-refractivity contribution is 5.95. The second-order valence-electron chi connectivity index (χ2n) is 3.39. The first kappa shape index (κ1) is 9.58. The van der Waals surface area contributed by atoms with Crippen molar-refractivity contribution in [3.05, 3.63) is 48.0 Å². The van der Waals surface area contributed by atoms with Crippen LogP contribution in [0.5, 0.6) is 0 Å². The van der Waals surface area contributed by atoms with Gasteiger partial charge in [-0.05, 0) is 13.0 Å². The molecule has 0 aliphatic rings. The highest BCUT2D eigenvalue weighted by Crippen LogP contribution is 2.05. The molecule has 4 nitrogen and oxygen atoms in total. The predicted molar refractivity (Wildman–Crippen MR) is 55.5 cm³/mol. The van der Waals surface area contributed by atoms with Crippen LogP contribution in [0.4, 0.5) is 0 Å². The molecule has 0 aliphatic carbocycles. The summed E-state index contributed by atoms with van der Waals surface area (Å²) in [4.78, 5) is 15.6. The van der Waals surface area contributed by atoms with E-state index in [2.05, 4.69) is 10.1 Å². The number of nitrogens with zero attached hydrogens (tertiary/aromatic N) is 3. The molecule has 4 heteroatoms. The van der Waals surface area contributed by atoms with E-state index in [1.54, 1.807) is 0 Å². The molecular formula is C11H11N3O. The van der Waals surface area contributed by atoms with Crippen LogP contribution in [0.3, 0.4) is 0 Å². The van der Waals surface area contributed by atoms with Crippen molar-refractivity contribution in [2.45, 2.75) is 13.5 Å². The van der Waals surface area contributed by atoms with Crippen molar-refractivity contribution in [2.24, 2.45) is 0 Å². The van der Waals surface area contributed by atoms with Crippen molar-refractivity contribution < 1.29 is 4.79 Å². The van der Waals surface area contributed by atoms with Gasteiger partial charge in [-0.2, -0.15) is 5.10 Å². The van der Waals surface area contributed by atoms with Crippen LogP contribution in [0.1, 0.15) is 15.9 Å². The fraction of sp³-hybridized carbons (Fsp3) is 0.182. The van der Waals surface area contributed by atoms with Crippen LogP contribution in [-0.4, -0.2) is 20.5 Å². The van der Waals surface area contributed by atoms with E-state index in [1.165, 1.54) is 17.3 Å². The van der Waals surface area contributed by atoms with Crippen LogP contribution in [-0.2, 0) is 6.54 Å². The minimum absolute atomic E-state index is 0.0456. The second kappa shape index (κ2) is 4.04. The zero-order valence-corrected chi connectivity index (χ0v) is 8.42. The summed E-state index contributed by atoms with van der Waals surface area (Å²) < 4.78 is 1.52. The molecule has 2 rings (SSSR count). The van der Waals surface area contributed by atoms with E-state index in [1.807, 2.05) is 31.2 Å². The van der Waals surface area contributed by atoms with Crippen LogP contribution >= 0.6 is 0 Å². The molecule has 2 aromatic rings. The molecule has 0 aliphatic heterocycles. The van der Waals surface area contributed by atoms with Crippen molar-refractivity contribution in [1.82, 2.24) is 14.8 Å². The number of benzene rings is 1. The van der Waals surface area contributed by atoms with E-state index < -0.39 is 0 Å². The van der Waals surface area contributed by atoms with Gasteiger partial charge in [-0.15, -0.1) is 0 Å². The van der Waals surface area contributed by atoms with E-state index in [0.717, 1.165) is 5.56 Å². The van der Waals surface area contributed by atoms with E-state index >= 15 is 0 Å². The number of rotatable bonds is 3. The average molecular weight is 201 g/mol. The largest absolute Gasteiger partial charge is 0.292 e. The molecule has 1 heterocycles. The highest BCUT2D eigenvalue weighted by atomic mass is 16.1. The zero-order chi connectivity index (χ0) is 10.7. The molecule has 15 heavy (non-hydrogen) atoms. The zero-order valence-electron chi connectivity index (χ0n) is 8.42. The Labute approximate surface area is 87.6 Å². The molecule has 1 aromatic heterocycles. The number of hydrogen-bond donors (Lipinski definition) is 0. The number of hydrogen-bond acceptors (Lipinski definition) is 3. The highest BCUT2D eigenvalue weighted by Gasteiger charge is 2.06. The van der Waals surface area contributed by atoms with Gasteiger partial charge in [0.15, 0.2) is 5.78 Å². The predicted octanol–water partition coefficient (Wildman–Crippen LogP) is 1.47. The molecule has 0 fully saturated rings. The lowest BCUT2D eigenvalue weighted by Gasteiger charge is -2.01. The van der Waals surface area contributed by atoms with Crippen LogP contribution in [0.2, 0.25) is 0 Å². The lowest BCUT2D eigenvalue weighted by molar-refractivity contribution is 0.0967. The molecule has 0 radical (unpaired) electrons. The first-order valence-corrected chi connectivity index (χ1v) is 4.68. The minimum atomic E-state index is 0.0456. The smallest absolute Gasteiger partial charge is 0.184 e. The van der Waals surface area contributed by atoms with Gasteiger partial charge in [0.1, 0.15) is 19.2 Å².